The van der Waals surface area contributed by atoms with Crippen LogP contribution < -0.4 is 5.73 Å². The van der Waals surface area contributed by atoms with Gasteiger partial charge in [0.25, 0.3) is 0 Å². The number of amides is 1. The maximum absolute atomic E-state index is 12.1. The van der Waals surface area contributed by atoms with Crippen LogP contribution in [0, 0.1) is 0 Å². The number of fused-ring (bicyclic) bond motifs is 1. The number of aryl methyl sites for hydroxylation is 1. The minimum absolute atomic E-state index is 0.262. The lowest BCUT2D eigenvalue weighted by molar-refractivity contribution is 0.0498. The number of esters is 1. The summed E-state index contributed by atoms with van der Waals surface area (Å²) in [4.78, 5) is 26.4. The lowest BCUT2D eigenvalue weighted by atomic mass is 10.1. The van der Waals surface area contributed by atoms with Gasteiger partial charge >= 0.3 is 5.97 Å². The van der Waals surface area contributed by atoms with E-state index in [0.29, 0.717) is 12.1 Å². The van der Waals surface area contributed by atoms with Gasteiger partial charge in [-0.25, -0.2) is 4.79 Å². The lowest BCUT2D eigenvalue weighted by Crippen LogP contribution is -2.11. The predicted molar refractivity (Wildman–Crippen MR) is 86.2 cm³/mol. The van der Waals surface area contributed by atoms with E-state index in [1.165, 1.54) is 16.8 Å². The number of H-pyrrole nitrogens is 1. The first-order chi connectivity index (χ1) is 11.1. The molecule has 6 heteroatoms. The molecular formula is C17H17N3O3. The number of primary amides is 1. The molecule has 3 N–H and O–H groups in total. The van der Waals surface area contributed by atoms with Crippen LogP contribution in [0.1, 0.15) is 26.4 Å². The Morgan fingerprint density at radius 2 is 2.09 bits per heavy atom. The molecule has 23 heavy (non-hydrogen) atoms. The molecule has 118 valence electrons. The Morgan fingerprint density at radius 3 is 2.83 bits per heavy atom. The van der Waals surface area contributed by atoms with Gasteiger partial charge < -0.3 is 20.0 Å². The molecule has 0 fully saturated rings. The Balaban J connectivity index is 1.64. The van der Waals surface area contributed by atoms with Gasteiger partial charge in [0.05, 0.1) is 12.2 Å². The molecule has 0 unspecified atom stereocenters. The first-order valence-electron chi connectivity index (χ1n) is 7.24. The molecule has 0 aliphatic rings. The van der Waals surface area contributed by atoms with Crippen LogP contribution >= 0.6 is 0 Å². The number of rotatable bonds is 5. The standard InChI is InChI=1S/C17H17N3O3/c1-20-10-12(16(18)21)8-15(20)17(22)23-7-6-11-9-19-14-5-3-2-4-13(11)14/h2-5,8-10,19H,6-7H2,1H3,(H2,18,21). The van der Waals surface area contributed by atoms with Gasteiger partial charge in [-0.1, -0.05) is 18.2 Å². The average molecular weight is 311 g/mol. The van der Waals surface area contributed by atoms with E-state index in [4.69, 9.17) is 10.5 Å². The summed E-state index contributed by atoms with van der Waals surface area (Å²) in [5.41, 5.74) is 7.95. The molecule has 6 nitrogen and oxygen atoms in total. The van der Waals surface area contributed by atoms with Crippen LogP contribution in [-0.2, 0) is 18.2 Å². The number of aromatic nitrogens is 2. The first-order valence-corrected chi connectivity index (χ1v) is 7.24. The Kier molecular flexibility index (Phi) is 3.89. The number of nitrogens with one attached hydrogen (secondary N) is 1. The summed E-state index contributed by atoms with van der Waals surface area (Å²) in [7, 11) is 1.67. The van der Waals surface area contributed by atoms with E-state index in [2.05, 4.69) is 4.98 Å². The van der Waals surface area contributed by atoms with Crippen molar-refractivity contribution < 1.29 is 14.3 Å². The third-order valence-electron chi connectivity index (χ3n) is 3.78. The summed E-state index contributed by atoms with van der Waals surface area (Å²) in [6.45, 7) is 0.262. The largest absolute Gasteiger partial charge is 0.461 e. The molecule has 0 aliphatic heterocycles. The van der Waals surface area contributed by atoms with Gasteiger partial charge in [-0.15, -0.1) is 0 Å². The summed E-state index contributed by atoms with van der Waals surface area (Å²) >= 11 is 0. The maximum atomic E-state index is 12.1. The van der Waals surface area contributed by atoms with Crippen molar-refractivity contribution in [3.8, 4) is 0 Å². The fraction of sp³-hybridized carbons (Fsp3) is 0.176. The lowest BCUT2D eigenvalue weighted by Gasteiger charge is -2.05. The molecule has 0 radical (unpaired) electrons. The molecule has 0 saturated heterocycles. The molecule has 0 saturated carbocycles. The summed E-state index contributed by atoms with van der Waals surface area (Å²) < 4.78 is 6.83. The van der Waals surface area contributed by atoms with Crippen LogP contribution in [0.15, 0.2) is 42.7 Å². The van der Waals surface area contributed by atoms with Gasteiger partial charge in [-0.05, 0) is 17.7 Å². The molecule has 0 spiro atoms. The number of carbonyl (C=O) groups is 2. The smallest absolute Gasteiger partial charge is 0.354 e. The molecule has 0 aliphatic carbocycles. The van der Waals surface area contributed by atoms with Crippen molar-refractivity contribution in [1.82, 2.24) is 9.55 Å². The monoisotopic (exact) mass is 311 g/mol. The average Bonchev–Trinajstić information content (AvgIpc) is 3.11. The van der Waals surface area contributed by atoms with Gasteiger partial charge in [0, 0.05) is 36.8 Å². The highest BCUT2D eigenvalue weighted by Gasteiger charge is 2.15. The van der Waals surface area contributed by atoms with Crippen molar-refractivity contribution in [2.24, 2.45) is 12.8 Å². The highest BCUT2D eigenvalue weighted by molar-refractivity contribution is 5.96. The second kappa shape index (κ2) is 6.00. The topological polar surface area (TPSA) is 90.1 Å². The van der Waals surface area contributed by atoms with E-state index in [1.807, 2.05) is 30.5 Å². The second-order valence-electron chi connectivity index (χ2n) is 5.33. The molecule has 1 amide bonds. The number of carbonyl (C=O) groups excluding carboxylic acids is 2. The Hall–Kier alpha value is -3.02. The van der Waals surface area contributed by atoms with Crippen molar-refractivity contribution in [3.63, 3.8) is 0 Å². The zero-order valence-electron chi connectivity index (χ0n) is 12.7. The van der Waals surface area contributed by atoms with Gasteiger partial charge in [0.1, 0.15) is 5.69 Å². The molecular weight excluding hydrogens is 294 g/mol. The summed E-state index contributed by atoms with van der Waals surface area (Å²) in [6, 6.07) is 9.41. The Labute approximate surface area is 132 Å². The third kappa shape index (κ3) is 2.96. The molecule has 2 heterocycles. The minimum Gasteiger partial charge on any atom is -0.461 e. The third-order valence-corrected chi connectivity index (χ3v) is 3.78. The van der Waals surface area contributed by atoms with Gasteiger partial charge in [0.15, 0.2) is 0 Å². The number of benzene rings is 1. The minimum atomic E-state index is -0.571. The number of para-hydroxylation sites is 1. The maximum Gasteiger partial charge on any atom is 0.354 e. The van der Waals surface area contributed by atoms with Crippen molar-refractivity contribution >= 4 is 22.8 Å². The van der Waals surface area contributed by atoms with Gasteiger partial charge in [-0.3, -0.25) is 4.79 Å². The van der Waals surface area contributed by atoms with E-state index in [0.717, 1.165) is 16.5 Å². The molecule has 0 atom stereocenters. The van der Waals surface area contributed by atoms with Crippen molar-refractivity contribution in [3.05, 3.63) is 59.5 Å². The van der Waals surface area contributed by atoms with Crippen LogP contribution in [0.25, 0.3) is 10.9 Å². The van der Waals surface area contributed by atoms with Crippen LogP contribution in [-0.4, -0.2) is 28.0 Å². The van der Waals surface area contributed by atoms with Gasteiger partial charge in [-0.2, -0.15) is 0 Å². The summed E-state index contributed by atoms with van der Waals surface area (Å²) in [6.07, 6.45) is 4.05. The molecule has 0 bridgehead atoms. The second-order valence-corrected chi connectivity index (χ2v) is 5.33. The number of hydrogen-bond donors (Lipinski definition) is 2. The summed E-state index contributed by atoms with van der Waals surface area (Å²) in [5.74, 6) is -1.04. The molecule has 3 aromatic rings. The van der Waals surface area contributed by atoms with Crippen LogP contribution in [0.5, 0.6) is 0 Å². The highest BCUT2D eigenvalue weighted by Crippen LogP contribution is 2.18. The number of nitrogens with zero attached hydrogens (tertiary/aromatic N) is 1. The van der Waals surface area contributed by atoms with E-state index in [-0.39, 0.29) is 12.2 Å². The van der Waals surface area contributed by atoms with E-state index in [1.54, 1.807) is 7.05 Å². The van der Waals surface area contributed by atoms with Crippen LogP contribution in [0.2, 0.25) is 0 Å². The number of ether oxygens (including phenoxy) is 1. The van der Waals surface area contributed by atoms with Crippen LogP contribution in [0.3, 0.4) is 0 Å². The number of nitrogens with two attached hydrogens (primary N) is 1. The molecule has 3 rings (SSSR count). The van der Waals surface area contributed by atoms with Crippen molar-refractivity contribution in [1.29, 1.82) is 0 Å². The zero-order valence-corrected chi connectivity index (χ0v) is 12.7. The first kappa shape index (κ1) is 14.9. The van der Waals surface area contributed by atoms with Crippen LogP contribution in [0.4, 0.5) is 0 Å². The molecule has 2 aromatic heterocycles. The normalized spacial score (nSPS) is 10.8. The Bertz CT molecular complexity index is 876. The number of hydrogen-bond acceptors (Lipinski definition) is 3. The quantitative estimate of drug-likeness (QED) is 0.706. The SMILES string of the molecule is Cn1cc(C(N)=O)cc1C(=O)OCCc1c[nH]c2ccccc12. The van der Waals surface area contributed by atoms with Gasteiger partial charge in [0.2, 0.25) is 5.91 Å². The van der Waals surface area contributed by atoms with E-state index >= 15 is 0 Å². The fourth-order valence-corrected chi connectivity index (χ4v) is 2.57. The summed E-state index contributed by atoms with van der Waals surface area (Å²) in [5, 5.41) is 1.12. The zero-order chi connectivity index (χ0) is 16.4. The predicted octanol–water partition coefficient (Wildman–Crippen LogP) is 2.00. The van der Waals surface area contributed by atoms with E-state index < -0.39 is 11.9 Å². The fourth-order valence-electron chi connectivity index (χ4n) is 2.57. The number of aromatic amines is 1. The van der Waals surface area contributed by atoms with E-state index in [9.17, 15) is 9.59 Å². The van der Waals surface area contributed by atoms with Crippen molar-refractivity contribution in [2.75, 3.05) is 6.61 Å². The highest BCUT2D eigenvalue weighted by atomic mass is 16.5. The molecule has 1 aromatic carbocycles. The Morgan fingerprint density at radius 1 is 1.30 bits per heavy atom. The van der Waals surface area contributed by atoms with Crippen molar-refractivity contribution in [2.45, 2.75) is 6.42 Å².